The average Bonchev–Trinajstić information content (AvgIpc) is 3.14. The first-order valence-corrected chi connectivity index (χ1v) is 7.71. The molecule has 1 saturated heterocycles. The van der Waals surface area contributed by atoms with Crippen molar-refractivity contribution in [1.29, 1.82) is 0 Å². The molecule has 1 aliphatic rings. The third kappa shape index (κ3) is 3.49. The van der Waals surface area contributed by atoms with Gasteiger partial charge in [0.2, 0.25) is 0 Å². The van der Waals surface area contributed by atoms with Gasteiger partial charge in [-0.1, -0.05) is 0 Å². The summed E-state index contributed by atoms with van der Waals surface area (Å²) in [5.74, 6) is 1.04. The van der Waals surface area contributed by atoms with Gasteiger partial charge in [-0.3, -0.25) is 4.98 Å². The number of rotatable bonds is 4. The Morgan fingerprint density at radius 2 is 2.09 bits per heavy atom. The number of anilines is 1. The van der Waals surface area contributed by atoms with Crippen molar-refractivity contribution < 1.29 is 17.9 Å². The summed E-state index contributed by atoms with van der Waals surface area (Å²) in [6, 6.07) is 3.56. The molecular weight excluding hydrogens is 315 g/mol. The summed E-state index contributed by atoms with van der Waals surface area (Å²) in [6.45, 7) is 1.91. The molecule has 1 aliphatic heterocycles. The van der Waals surface area contributed by atoms with E-state index in [0.717, 1.165) is 28.9 Å². The molecule has 2 aromatic rings. The molecule has 3 rings (SSSR count). The molecule has 0 aromatic carbocycles. The summed E-state index contributed by atoms with van der Waals surface area (Å²) in [5, 5.41) is 1.49. The SMILES string of the molecule is FC(F)(F)c1csc(N2CCC(COc3ccncc3)C2)n1. The number of ether oxygens (including phenoxy) is 1. The predicted molar refractivity (Wildman–Crippen MR) is 77.2 cm³/mol. The van der Waals surface area contributed by atoms with Gasteiger partial charge in [0, 0.05) is 36.8 Å². The number of thiazole rings is 1. The van der Waals surface area contributed by atoms with Gasteiger partial charge in [0.25, 0.3) is 0 Å². The van der Waals surface area contributed by atoms with Crippen LogP contribution < -0.4 is 9.64 Å². The maximum atomic E-state index is 12.6. The molecule has 0 amide bonds. The molecule has 3 heterocycles. The maximum Gasteiger partial charge on any atom is 0.434 e. The Kier molecular flexibility index (Phi) is 4.19. The first kappa shape index (κ1) is 15.1. The fraction of sp³-hybridized carbons (Fsp3) is 0.429. The highest BCUT2D eigenvalue weighted by atomic mass is 32.1. The third-order valence-corrected chi connectivity index (χ3v) is 4.38. The second-order valence-electron chi connectivity index (χ2n) is 5.11. The standard InChI is InChI=1S/C14H14F3N3OS/c15-14(16,17)12-9-22-13(19-12)20-6-3-10(7-20)8-21-11-1-4-18-5-2-11/h1-2,4-5,9-10H,3,6-8H2. The van der Waals surface area contributed by atoms with E-state index >= 15 is 0 Å². The molecule has 2 aromatic heterocycles. The van der Waals surface area contributed by atoms with Crippen molar-refractivity contribution >= 4 is 16.5 Å². The van der Waals surface area contributed by atoms with Crippen molar-refractivity contribution in [3.05, 3.63) is 35.6 Å². The molecule has 0 radical (unpaired) electrons. The normalized spacial score (nSPS) is 18.7. The Balaban J connectivity index is 1.55. The lowest BCUT2D eigenvalue weighted by atomic mass is 10.1. The van der Waals surface area contributed by atoms with Crippen molar-refractivity contribution in [3.8, 4) is 5.75 Å². The zero-order valence-corrected chi connectivity index (χ0v) is 12.4. The van der Waals surface area contributed by atoms with E-state index in [1.54, 1.807) is 24.5 Å². The van der Waals surface area contributed by atoms with Crippen LogP contribution in [0.2, 0.25) is 0 Å². The van der Waals surface area contributed by atoms with E-state index in [1.807, 2.05) is 4.90 Å². The van der Waals surface area contributed by atoms with Crippen LogP contribution in [0.3, 0.4) is 0 Å². The highest BCUT2D eigenvalue weighted by Crippen LogP contribution is 2.34. The molecule has 1 unspecified atom stereocenters. The number of alkyl halides is 3. The lowest BCUT2D eigenvalue weighted by Crippen LogP contribution is -2.22. The summed E-state index contributed by atoms with van der Waals surface area (Å²) in [5.41, 5.74) is -0.816. The molecule has 0 N–H and O–H groups in total. The Morgan fingerprint density at radius 1 is 1.32 bits per heavy atom. The van der Waals surface area contributed by atoms with Crippen LogP contribution in [0.15, 0.2) is 29.9 Å². The van der Waals surface area contributed by atoms with Crippen LogP contribution in [-0.2, 0) is 6.18 Å². The molecule has 1 atom stereocenters. The lowest BCUT2D eigenvalue weighted by molar-refractivity contribution is -0.140. The van der Waals surface area contributed by atoms with Gasteiger partial charge in [0.15, 0.2) is 10.8 Å². The number of nitrogens with zero attached hydrogens (tertiary/aromatic N) is 3. The van der Waals surface area contributed by atoms with Gasteiger partial charge >= 0.3 is 6.18 Å². The Morgan fingerprint density at radius 3 is 2.77 bits per heavy atom. The van der Waals surface area contributed by atoms with Crippen LogP contribution in [-0.4, -0.2) is 29.7 Å². The van der Waals surface area contributed by atoms with Crippen LogP contribution in [0.25, 0.3) is 0 Å². The van der Waals surface area contributed by atoms with Gasteiger partial charge in [-0.05, 0) is 18.6 Å². The number of halogens is 3. The van der Waals surface area contributed by atoms with E-state index < -0.39 is 11.9 Å². The summed E-state index contributed by atoms with van der Waals surface area (Å²) in [6.07, 6.45) is -0.181. The molecule has 8 heteroatoms. The van der Waals surface area contributed by atoms with Gasteiger partial charge in [-0.25, -0.2) is 4.98 Å². The van der Waals surface area contributed by atoms with E-state index in [2.05, 4.69) is 9.97 Å². The monoisotopic (exact) mass is 329 g/mol. The fourth-order valence-corrected chi connectivity index (χ4v) is 3.20. The molecule has 0 bridgehead atoms. The number of pyridine rings is 1. The third-order valence-electron chi connectivity index (χ3n) is 3.47. The second-order valence-corrected chi connectivity index (χ2v) is 5.94. The summed E-state index contributed by atoms with van der Waals surface area (Å²) < 4.78 is 43.4. The largest absolute Gasteiger partial charge is 0.493 e. The van der Waals surface area contributed by atoms with Crippen LogP contribution >= 0.6 is 11.3 Å². The smallest absolute Gasteiger partial charge is 0.434 e. The summed E-state index contributed by atoms with van der Waals surface area (Å²) >= 11 is 1.04. The van der Waals surface area contributed by atoms with E-state index in [-0.39, 0.29) is 5.92 Å². The van der Waals surface area contributed by atoms with Crippen LogP contribution in [0.4, 0.5) is 18.3 Å². The molecular formula is C14H14F3N3OS. The molecule has 4 nitrogen and oxygen atoms in total. The van der Waals surface area contributed by atoms with E-state index in [1.165, 1.54) is 0 Å². The first-order valence-electron chi connectivity index (χ1n) is 6.83. The van der Waals surface area contributed by atoms with Crippen LogP contribution in [0.1, 0.15) is 12.1 Å². The number of hydrogen-bond acceptors (Lipinski definition) is 5. The highest BCUT2D eigenvalue weighted by molar-refractivity contribution is 7.13. The molecule has 0 saturated carbocycles. The van der Waals surface area contributed by atoms with E-state index in [4.69, 9.17) is 4.74 Å². The number of hydrogen-bond donors (Lipinski definition) is 0. The Labute approximate surface area is 129 Å². The zero-order chi connectivity index (χ0) is 15.6. The maximum absolute atomic E-state index is 12.6. The van der Waals surface area contributed by atoms with Crippen LogP contribution in [0, 0.1) is 5.92 Å². The van der Waals surface area contributed by atoms with Gasteiger partial charge < -0.3 is 9.64 Å². The Hall–Kier alpha value is -1.83. The van der Waals surface area contributed by atoms with Gasteiger partial charge in [0.1, 0.15) is 5.75 Å². The number of aromatic nitrogens is 2. The predicted octanol–water partition coefficient (Wildman–Crippen LogP) is 3.46. The Bertz CT molecular complexity index is 617. The highest BCUT2D eigenvalue weighted by Gasteiger charge is 2.35. The second kappa shape index (κ2) is 6.12. The molecule has 0 aliphatic carbocycles. The topological polar surface area (TPSA) is 38.2 Å². The quantitative estimate of drug-likeness (QED) is 0.861. The molecule has 118 valence electrons. The van der Waals surface area contributed by atoms with E-state index in [0.29, 0.717) is 24.8 Å². The van der Waals surface area contributed by atoms with Crippen molar-refractivity contribution in [2.45, 2.75) is 12.6 Å². The van der Waals surface area contributed by atoms with E-state index in [9.17, 15) is 13.2 Å². The minimum Gasteiger partial charge on any atom is -0.493 e. The average molecular weight is 329 g/mol. The van der Waals surface area contributed by atoms with Crippen molar-refractivity contribution in [1.82, 2.24) is 9.97 Å². The molecule has 1 fully saturated rings. The van der Waals surface area contributed by atoms with Gasteiger partial charge in [-0.2, -0.15) is 13.2 Å². The minimum atomic E-state index is -4.38. The summed E-state index contributed by atoms with van der Waals surface area (Å²) in [7, 11) is 0. The first-order chi connectivity index (χ1) is 10.5. The minimum absolute atomic E-state index is 0.284. The summed E-state index contributed by atoms with van der Waals surface area (Å²) in [4.78, 5) is 9.49. The van der Waals surface area contributed by atoms with Crippen molar-refractivity contribution in [2.24, 2.45) is 5.92 Å². The van der Waals surface area contributed by atoms with Gasteiger partial charge in [0.05, 0.1) is 6.61 Å². The van der Waals surface area contributed by atoms with Crippen molar-refractivity contribution in [2.75, 3.05) is 24.6 Å². The molecule has 22 heavy (non-hydrogen) atoms. The fourth-order valence-electron chi connectivity index (χ4n) is 2.33. The lowest BCUT2D eigenvalue weighted by Gasteiger charge is -2.15. The zero-order valence-electron chi connectivity index (χ0n) is 11.6. The molecule has 0 spiro atoms. The van der Waals surface area contributed by atoms with Gasteiger partial charge in [-0.15, -0.1) is 11.3 Å². The van der Waals surface area contributed by atoms with Crippen molar-refractivity contribution in [3.63, 3.8) is 0 Å². The van der Waals surface area contributed by atoms with Crippen LogP contribution in [0.5, 0.6) is 5.75 Å².